The van der Waals surface area contributed by atoms with Crippen LogP contribution >= 0.6 is 0 Å². The Bertz CT molecular complexity index is 345. The predicted molar refractivity (Wildman–Crippen MR) is 50.8 cm³/mol. The topological polar surface area (TPSA) is 29.5 Å². The van der Waals surface area contributed by atoms with Crippen LogP contribution in [-0.4, -0.2) is 17.8 Å². The number of aliphatic hydroxyl groups is 1. The third kappa shape index (κ3) is 1.87. The van der Waals surface area contributed by atoms with E-state index in [0.29, 0.717) is 12.2 Å². The lowest BCUT2D eigenvalue weighted by Crippen LogP contribution is -2.11. The molecule has 0 saturated heterocycles. The summed E-state index contributed by atoms with van der Waals surface area (Å²) in [5, 5.41) is 9.72. The van der Waals surface area contributed by atoms with Gasteiger partial charge < -0.3 is 9.84 Å². The Morgan fingerprint density at radius 2 is 2.21 bits per heavy atom. The van der Waals surface area contributed by atoms with Crippen molar-refractivity contribution in [3.05, 3.63) is 29.6 Å². The molecule has 1 fully saturated rings. The Balaban J connectivity index is 2.23. The van der Waals surface area contributed by atoms with E-state index in [-0.39, 0.29) is 5.82 Å². The van der Waals surface area contributed by atoms with Crippen molar-refractivity contribution in [3.63, 3.8) is 0 Å². The number of hydrogen-bond acceptors (Lipinski definition) is 2. The molecule has 2 rings (SSSR count). The average molecular weight is 196 g/mol. The number of rotatable bonds is 3. The second kappa shape index (κ2) is 3.24. The first-order chi connectivity index (χ1) is 6.63. The zero-order valence-electron chi connectivity index (χ0n) is 8.09. The van der Waals surface area contributed by atoms with Crippen LogP contribution in [-0.2, 0) is 6.42 Å². The largest absolute Gasteiger partial charge is 0.496 e. The molecule has 0 aromatic heterocycles. The summed E-state index contributed by atoms with van der Waals surface area (Å²) >= 11 is 0. The van der Waals surface area contributed by atoms with Gasteiger partial charge in [-0.15, -0.1) is 0 Å². The van der Waals surface area contributed by atoms with E-state index in [1.165, 1.54) is 19.2 Å². The van der Waals surface area contributed by atoms with Gasteiger partial charge in [-0.1, -0.05) is 6.07 Å². The van der Waals surface area contributed by atoms with Gasteiger partial charge in [0.2, 0.25) is 0 Å². The van der Waals surface area contributed by atoms with Gasteiger partial charge >= 0.3 is 0 Å². The van der Waals surface area contributed by atoms with Crippen LogP contribution in [0.5, 0.6) is 5.75 Å². The van der Waals surface area contributed by atoms with Gasteiger partial charge in [-0.3, -0.25) is 0 Å². The zero-order chi connectivity index (χ0) is 10.2. The third-order valence-corrected chi connectivity index (χ3v) is 2.60. The molecule has 0 heterocycles. The van der Waals surface area contributed by atoms with E-state index in [4.69, 9.17) is 4.74 Å². The van der Waals surface area contributed by atoms with Gasteiger partial charge in [-0.05, 0) is 24.5 Å². The number of hydrogen-bond donors (Lipinski definition) is 1. The van der Waals surface area contributed by atoms with Gasteiger partial charge in [0.1, 0.15) is 11.6 Å². The third-order valence-electron chi connectivity index (χ3n) is 2.60. The van der Waals surface area contributed by atoms with Gasteiger partial charge in [0.05, 0.1) is 12.7 Å². The standard InChI is InChI=1S/C11H13FO2/c1-14-10-6-9(12)3-2-8(10)7-11(13)4-5-11/h2-3,6,13H,4-5,7H2,1H3. The number of ether oxygens (including phenoxy) is 1. The van der Waals surface area contributed by atoms with Crippen LogP contribution in [0.2, 0.25) is 0 Å². The first-order valence-corrected chi connectivity index (χ1v) is 4.68. The average Bonchev–Trinajstić information content (AvgIpc) is 2.87. The predicted octanol–water partition coefficient (Wildman–Crippen LogP) is 1.90. The maximum atomic E-state index is 12.8. The van der Waals surface area contributed by atoms with E-state index in [9.17, 15) is 9.50 Å². The first kappa shape index (κ1) is 9.46. The normalized spacial score (nSPS) is 17.9. The van der Waals surface area contributed by atoms with Gasteiger partial charge in [-0.25, -0.2) is 4.39 Å². The first-order valence-electron chi connectivity index (χ1n) is 4.68. The van der Waals surface area contributed by atoms with Crippen LogP contribution in [0.1, 0.15) is 18.4 Å². The lowest BCUT2D eigenvalue weighted by Gasteiger charge is -2.11. The van der Waals surface area contributed by atoms with Crippen LogP contribution < -0.4 is 4.74 Å². The monoisotopic (exact) mass is 196 g/mol. The van der Waals surface area contributed by atoms with Crippen molar-refractivity contribution in [3.8, 4) is 5.75 Å². The van der Waals surface area contributed by atoms with Crippen molar-refractivity contribution in [2.45, 2.75) is 24.9 Å². The van der Waals surface area contributed by atoms with Crippen molar-refractivity contribution >= 4 is 0 Å². The molecule has 1 saturated carbocycles. The van der Waals surface area contributed by atoms with E-state index in [2.05, 4.69) is 0 Å². The minimum Gasteiger partial charge on any atom is -0.496 e. The summed E-state index contributed by atoms with van der Waals surface area (Å²) in [5.74, 6) is 0.207. The highest BCUT2D eigenvalue weighted by molar-refractivity contribution is 5.35. The molecule has 1 aliphatic rings. The molecule has 0 atom stereocenters. The summed E-state index contributed by atoms with van der Waals surface area (Å²) in [7, 11) is 1.51. The maximum Gasteiger partial charge on any atom is 0.126 e. The van der Waals surface area contributed by atoms with E-state index < -0.39 is 5.60 Å². The minimum atomic E-state index is -0.564. The molecule has 0 radical (unpaired) electrons. The molecule has 0 bridgehead atoms. The summed E-state index contributed by atoms with van der Waals surface area (Å²) in [6.07, 6.45) is 2.21. The summed E-state index contributed by atoms with van der Waals surface area (Å²) in [5.41, 5.74) is 0.305. The molecule has 1 aromatic carbocycles. The highest BCUT2D eigenvalue weighted by Crippen LogP contribution is 2.40. The zero-order valence-corrected chi connectivity index (χ0v) is 8.09. The minimum absolute atomic E-state index is 0.312. The van der Waals surface area contributed by atoms with Crippen LogP contribution in [0.15, 0.2) is 18.2 Å². The molecule has 14 heavy (non-hydrogen) atoms. The SMILES string of the molecule is COc1cc(F)ccc1CC1(O)CC1. The Hall–Kier alpha value is -1.09. The molecule has 0 unspecified atom stereocenters. The molecule has 0 amide bonds. The summed E-state index contributed by atoms with van der Waals surface area (Å²) in [6.45, 7) is 0. The molecular formula is C11H13FO2. The molecule has 1 aromatic rings. The summed E-state index contributed by atoms with van der Waals surface area (Å²) < 4.78 is 17.9. The molecule has 0 spiro atoms. The van der Waals surface area contributed by atoms with Crippen molar-refractivity contribution in [2.75, 3.05) is 7.11 Å². The maximum absolute atomic E-state index is 12.8. The fraction of sp³-hybridized carbons (Fsp3) is 0.455. The second-order valence-corrected chi connectivity index (χ2v) is 3.86. The fourth-order valence-electron chi connectivity index (χ4n) is 1.54. The van der Waals surface area contributed by atoms with Crippen molar-refractivity contribution in [1.82, 2.24) is 0 Å². The van der Waals surface area contributed by atoms with E-state index in [0.717, 1.165) is 18.4 Å². The molecule has 76 valence electrons. The summed E-state index contributed by atoms with van der Waals surface area (Å²) in [4.78, 5) is 0. The molecular weight excluding hydrogens is 183 g/mol. The van der Waals surface area contributed by atoms with Crippen molar-refractivity contribution in [1.29, 1.82) is 0 Å². The van der Waals surface area contributed by atoms with Crippen LogP contribution in [0.4, 0.5) is 4.39 Å². The van der Waals surface area contributed by atoms with Crippen LogP contribution in [0.25, 0.3) is 0 Å². The molecule has 3 heteroatoms. The lowest BCUT2D eigenvalue weighted by atomic mass is 10.1. The van der Waals surface area contributed by atoms with Crippen molar-refractivity contribution < 1.29 is 14.2 Å². The second-order valence-electron chi connectivity index (χ2n) is 3.86. The Morgan fingerprint density at radius 3 is 2.79 bits per heavy atom. The van der Waals surface area contributed by atoms with E-state index in [1.54, 1.807) is 6.07 Å². The Kier molecular flexibility index (Phi) is 2.19. The molecule has 2 nitrogen and oxygen atoms in total. The van der Waals surface area contributed by atoms with Gasteiger partial charge in [0.25, 0.3) is 0 Å². The fourth-order valence-corrected chi connectivity index (χ4v) is 1.54. The molecule has 1 N–H and O–H groups in total. The number of halogens is 1. The highest BCUT2D eigenvalue weighted by Gasteiger charge is 2.40. The van der Waals surface area contributed by atoms with E-state index >= 15 is 0 Å². The quantitative estimate of drug-likeness (QED) is 0.800. The van der Waals surface area contributed by atoms with Gasteiger partial charge in [0.15, 0.2) is 0 Å². The van der Waals surface area contributed by atoms with Gasteiger partial charge in [-0.2, -0.15) is 0 Å². The van der Waals surface area contributed by atoms with E-state index in [1.807, 2.05) is 0 Å². The van der Waals surface area contributed by atoms with Crippen LogP contribution in [0, 0.1) is 5.82 Å². The smallest absolute Gasteiger partial charge is 0.126 e. The van der Waals surface area contributed by atoms with Crippen molar-refractivity contribution in [2.24, 2.45) is 0 Å². The van der Waals surface area contributed by atoms with Gasteiger partial charge in [0, 0.05) is 12.5 Å². The number of benzene rings is 1. The highest BCUT2D eigenvalue weighted by atomic mass is 19.1. The Labute approximate surface area is 82.3 Å². The molecule has 1 aliphatic carbocycles. The lowest BCUT2D eigenvalue weighted by molar-refractivity contribution is 0.150. The summed E-state index contributed by atoms with van der Waals surface area (Å²) in [6, 6.07) is 4.41. The molecule has 0 aliphatic heterocycles. The Morgan fingerprint density at radius 1 is 1.50 bits per heavy atom. The number of methoxy groups -OCH3 is 1. The van der Waals surface area contributed by atoms with Crippen LogP contribution in [0.3, 0.4) is 0 Å².